The molecule has 0 bridgehead atoms. The van der Waals surface area contributed by atoms with Gasteiger partial charge in [-0.25, -0.2) is 0 Å². The number of hydrogen-bond donors (Lipinski definition) is 1. The molecule has 0 atom stereocenters. The van der Waals surface area contributed by atoms with Crippen LogP contribution in [0.3, 0.4) is 0 Å². The van der Waals surface area contributed by atoms with E-state index in [4.69, 9.17) is 0 Å². The summed E-state index contributed by atoms with van der Waals surface area (Å²) in [7, 11) is 0. The quantitative estimate of drug-likeness (QED) is 0.672. The Kier molecular flexibility index (Phi) is 2.89. The van der Waals surface area contributed by atoms with E-state index in [0.717, 1.165) is 11.4 Å². The van der Waals surface area contributed by atoms with Gasteiger partial charge in [0.2, 0.25) is 0 Å². The molecule has 0 N–H and O–H groups in total. The van der Waals surface area contributed by atoms with Crippen LogP contribution in [0.15, 0.2) is 11.0 Å². The Bertz CT molecular complexity index is 274. The Balaban J connectivity index is 2.97. The van der Waals surface area contributed by atoms with E-state index in [0.29, 0.717) is 5.92 Å². The standard InChI is InChI=1S/C10H17NS/c1-7(2)6-11-8(3)5-10(12)9(11)4/h5,7,12H,6H2,1-4H3. The minimum absolute atomic E-state index is 0.697. The van der Waals surface area contributed by atoms with E-state index in [9.17, 15) is 0 Å². The second-order valence-electron chi connectivity index (χ2n) is 3.76. The third-order valence-electron chi connectivity index (χ3n) is 2.09. The number of rotatable bonds is 2. The molecule has 1 aromatic rings. The normalized spacial score (nSPS) is 11.2. The molecule has 1 heterocycles. The molecule has 1 nitrogen and oxygen atoms in total. The summed E-state index contributed by atoms with van der Waals surface area (Å²) in [6, 6.07) is 2.13. The van der Waals surface area contributed by atoms with E-state index in [1.807, 2.05) is 0 Å². The van der Waals surface area contributed by atoms with Crippen molar-refractivity contribution in [2.45, 2.75) is 39.1 Å². The van der Waals surface area contributed by atoms with E-state index in [1.165, 1.54) is 11.4 Å². The molecule has 1 rings (SSSR count). The summed E-state index contributed by atoms with van der Waals surface area (Å²) in [5, 5.41) is 0. The molecule has 0 amide bonds. The highest BCUT2D eigenvalue weighted by molar-refractivity contribution is 7.80. The summed E-state index contributed by atoms with van der Waals surface area (Å²) < 4.78 is 2.33. The molecule has 0 saturated heterocycles. The minimum Gasteiger partial charge on any atom is -0.348 e. The van der Waals surface area contributed by atoms with Crippen LogP contribution in [0.2, 0.25) is 0 Å². The van der Waals surface area contributed by atoms with Crippen LogP contribution in [0.25, 0.3) is 0 Å². The Hall–Kier alpha value is -0.370. The van der Waals surface area contributed by atoms with Crippen molar-refractivity contribution in [3.05, 3.63) is 17.5 Å². The summed E-state index contributed by atoms with van der Waals surface area (Å²) >= 11 is 4.39. The number of nitrogens with zero attached hydrogens (tertiary/aromatic N) is 1. The topological polar surface area (TPSA) is 4.93 Å². The fourth-order valence-corrected chi connectivity index (χ4v) is 1.74. The van der Waals surface area contributed by atoms with Crippen LogP contribution < -0.4 is 0 Å². The maximum atomic E-state index is 4.39. The molecule has 0 spiro atoms. The minimum atomic E-state index is 0.697. The predicted octanol–water partition coefficient (Wildman–Crippen LogP) is 3.05. The van der Waals surface area contributed by atoms with Crippen LogP contribution in [0.1, 0.15) is 25.2 Å². The van der Waals surface area contributed by atoms with Crippen molar-refractivity contribution in [3.63, 3.8) is 0 Å². The van der Waals surface area contributed by atoms with Gasteiger partial charge in [-0.15, -0.1) is 12.6 Å². The zero-order chi connectivity index (χ0) is 9.30. The summed E-state index contributed by atoms with van der Waals surface area (Å²) in [5.41, 5.74) is 2.59. The van der Waals surface area contributed by atoms with Gasteiger partial charge < -0.3 is 4.57 Å². The Morgan fingerprint density at radius 1 is 1.42 bits per heavy atom. The number of aryl methyl sites for hydroxylation is 1. The Labute approximate surface area is 80.2 Å². The summed E-state index contributed by atoms with van der Waals surface area (Å²) in [6.45, 7) is 9.82. The van der Waals surface area contributed by atoms with Gasteiger partial charge in [-0.3, -0.25) is 0 Å². The van der Waals surface area contributed by atoms with Crippen LogP contribution in [0.5, 0.6) is 0 Å². The number of thiol groups is 1. The number of hydrogen-bond acceptors (Lipinski definition) is 1. The molecule has 0 aliphatic heterocycles. The SMILES string of the molecule is Cc1cc(S)c(C)n1CC(C)C. The zero-order valence-electron chi connectivity index (χ0n) is 8.26. The van der Waals surface area contributed by atoms with Crippen LogP contribution >= 0.6 is 12.6 Å². The van der Waals surface area contributed by atoms with E-state index in [1.54, 1.807) is 0 Å². The highest BCUT2D eigenvalue weighted by Crippen LogP contribution is 2.19. The van der Waals surface area contributed by atoms with Crippen molar-refractivity contribution in [1.29, 1.82) is 0 Å². The molecule has 0 aromatic carbocycles. The lowest BCUT2D eigenvalue weighted by Crippen LogP contribution is -2.07. The molecule has 2 heteroatoms. The molecular formula is C10H17NS. The van der Waals surface area contributed by atoms with E-state index < -0.39 is 0 Å². The van der Waals surface area contributed by atoms with Crippen LogP contribution in [-0.2, 0) is 6.54 Å². The Morgan fingerprint density at radius 3 is 2.33 bits per heavy atom. The van der Waals surface area contributed by atoms with Gasteiger partial charge in [-0.1, -0.05) is 13.8 Å². The molecule has 68 valence electrons. The highest BCUT2D eigenvalue weighted by atomic mass is 32.1. The molecule has 1 aromatic heterocycles. The van der Waals surface area contributed by atoms with Gasteiger partial charge in [0.15, 0.2) is 0 Å². The highest BCUT2D eigenvalue weighted by Gasteiger charge is 2.06. The zero-order valence-corrected chi connectivity index (χ0v) is 9.15. The second-order valence-corrected chi connectivity index (χ2v) is 4.24. The summed E-state index contributed by atoms with van der Waals surface area (Å²) in [6.07, 6.45) is 0. The fraction of sp³-hybridized carbons (Fsp3) is 0.600. The van der Waals surface area contributed by atoms with Crippen molar-refractivity contribution in [1.82, 2.24) is 4.57 Å². The van der Waals surface area contributed by atoms with Crippen LogP contribution in [0.4, 0.5) is 0 Å². The molecule has 0 aliphatic rings. The second kappa shape index (κ2) is 3.56. The predicted molar refractivity (Wildman–Crippen MR) is 56.0 cm³/mol. The van der Waals surface area contributed by atoms with Crippen molar-refractivity contribution in [2.24, 2.45) is 5.92 Å². The number of aromatic nitrogens is 1. The molecule has 0 unspecified atom stereocenters. The Morgan fingerprint density at radius 2 is 2.00 bits per heavy atom. The van der Waals surface area contributed by atoms with E-state index in [2.05, 4.69) is 51.0 Å². The molecule has 12 heavy (non-hydrogen) atoms. The smallest absolute Gasteiger partial charge is 0.0280 e. The lowest BCUT2D eigenvalue weighted by atomic mass is 10.2. The first kappa shape index (κ1) is 9.72. The van der Waals surface area contributed by atoms with Gasteiger partial charge in [0.1, 0.15) is 0 Å². The van der Waals surface area contributed by atoms with Gasteiger partial charge in [0, 0.05) is 22.8 Å². The monoisotopic (exact) mass is 183 g/mol. The van der Waals surface area contributed by atoms with Crippen molar-refractivity contribution in [2.75, 3.05) is 0 Å². The fourth-order valence-electron chi connectivity index (χ4n) is 1.43. The maximum Gasteiger partial charge on any atom is 0.0280 e. The van der Waals surface area contributed by atoms with Gasteiger partial charge in [-0.2, -0.15) is 0 Å². The lowest BCUT2D eigenvalue weighted by molar-refractivity contribution is 0.507. The lowest BCUT2D eigenvalue weighted by Gasteiger charge is -2.11. The van der Waals surface area contributed by atoms with Gasteiger partial charge in [0.05, 0.1) is 0 Å². The third-order valence-corrected chi connectivity index (χ3v) is 2.55. The summed E-state index contributed by atoms with van der Waals surface area (Å²) in [4.78, 5) is 1.10. The van der Waals surface area contributed by atoms with Gasteiger partial charge in [-0.05, 0) is 25.8 Å². The van der Waals surface area contributed by atoms with Gasteiger partial charge >= 0.3 is 0 Å². The molecular weight excluding hydrogens is 166 g/mol. The van der Waals surface area contributed by atoms with Crippen LogP contribution in [0, 0.1) is 19.8 Å². The first-order valence-corrected chi connectivity index (χ1v) is 4.82. The van der Waals surface area contributed by atoms with E-state index >= 15 is 0 Å². The first-order chi connectivity index (χ1) is 5.52. The van der Waals surface area contributed by atoms with Crippen molar-refractivity contribution < 1.29 is 0 Å². The molecule has 0 aliphatic carbocycles. The molecule has 0 fully saturated rings. The van der Waals surface area contributed by atoms with Crippen molar-refractivity contribution in [3.8, 4) is 0 Å². The average Bonchev–Trinajstić information content (AvgIpc) is 2.16. The molecule has 0 radical (unpaired) electrons. The first-order valence-electron chi connectivity index (χ1n) is 4.38. The maximum absolute atomic E-state index is 4.39. The van der Waals surface area contributed by atoms with Crippen LogP contribution in [-0.4, -0.2) is 4.57 Å². The third kappa shape index (κ3) is 1.86. The molecule has 0 saturated carbocycles. The largest absolute Gasteiger partial charge is 0.348 e. The van der Waals surface area contributed by atoms with Crippen molar-refractivity contribution >= 4 is 12.6 Å². The van der Waals surface area contributed by atoms with Gasteiger partial charge in [0.25, 0.3) is 0 Å². The average molecular weight is 183 g/mol. The van der Waals surface area contributed by atoms with E-state index in [-0.39, 0.29) is 0 Å². The summed E-state index contributed by atoms with van der Waals surface area (Å²) in [5.74, 6) is 0.697.